The standard InChI is InChI=1S/C21H17N3O2/c1-2-26-21(25)19-13-18-17(14-22-19)20(15-9-5-3-6-10-15)24(23-18)16-11-7-4-8-12-16/h3-14H,2H2,1H3. The quantitative estimate of drug-likeness (QED) is 0.519. The Bertz CT molecular complexity index is 1060. The van der Waals surface area contributed by atoms with Crippen molar-refractivity contribution in [3.05, 3.63) is 78.6 Å². The monoisotopic (exact) mass is 343 g/mol. The Morgan fingerprint density at radius 3 is 2.42 bits per heavy atom. The average Bonchev–Trinajstić information content (AvgIpc) is 3.08. The number of carbonyl (C=O) groups is 1. The molecule has 0 amide bonds. The van der Waals surface area contributed by atoms with Crippen LogP contribution in [0.3, 0.4) is 0 Å². The van der Waals surface area contributed by atoms with E-state index >= 15 is 0 Å². The van der Waals surface area contributed by atoms with Crippen molar-refractivity contribution < 1.29 is 9.53 Å². The maximum Gasteiger partial charge on any atom is 0.356 e. The second kappa shape index (κ2) is 6.80. The van der Waals surface area contributed by atoms with Crippen LogP contribution >= 0.6 is 0 Å². The Morgan fingerprint density at radius 1 is 1.04 bits per heavy atom. The van der Waals surface area contributed by atoms with Crippen LogP contribution in [0.5, 0.6) is 0 Å². The van der Waals surface area contributed by atoms with Crippen LogP contribution in [0.25, 0.3) is 27.8 Å². The first-order valence-electron chi connectivity index (χ1n) is 8.44. The third-order valence-corrected chi connectivity index (χ3v) is 4.09. The van der Waals surface area contributed by atoms with E-state index in [2.05, 4.69) is 4.98 Å². The molecule has 0 saturated heterocycles. The summed E-state index contributed by atoms with van der Waals surface area (Å²) in [6, 6.07) is 21.6. The molecule has 0 radical (unpaired) electrons. The van der Waals surface area contributed by atoms with Crippen LogP contribution in [0.15, 0.2) is 72.9 Å². The highest BCUT2D eigenvalue weighted by Gasteiger charge is 2.17. The van der Waals surface area contributed by atoms with Gasteiger partial charge in [-0.1, -0.05) is 48.5 Å². The molecular weight excluding hydrogens is 326 g/mol. The van der Waals surface area contributed by atoms with E-state index in [0.29, 0.717) is 12.1 Å². The molecule has 2 aromatic carbocycles. The van der Waals surface area contributed by atoms with Crippen LogP contribution in [0.2, 0.25) is 0 Å². The topological polar surface area (TPSA) is 57.0 Å². The molecule has 5 heteroatoms. The molecule has 4 rings (SSSR count). The van der Waals surface area contributed by atoms with Gasteiger partial charge >= 0.3 is 5.97 Å². The van der Waals surface area contributed by atoms with Gasteiger partial charge in [-0.2, -0.15) is 5.10 Å². The van der Waals surface area contributed by atoms with Crippen molar-refractivity contribution in [2.75, 3.05) is 6.61 Å². The van der Waals surface area contributed by atoms with Crippen LogP contribution in [0, 0.1) is 0 Å². The fourth-order valence-electron chi connectivity index (χ4n) is 2.93. The Labute approximate surface area is 150 Å². The molecule has 2 heterocycles. The van der Waals surface area contributed by atoms with E-state index in [1.165, 1.54) is 0 Å². The Balaban J connectivity index is 1.95. The highest BCUT2D eigenvalue weighted by atomic mass is 16.5. The fourth-order valence-corrected chi connectivity index (χ4v) is 2.93. The summed E-state index contributed by atoms with van der Waals surface area (Å²) in [6.07, 6.45) is 1.69. The van der Waals surface area contributed by atoms with Gasteiger partial charge in [-0.3, -0.25) is 0 Å². The molecule has 0 fully saturated rings. The number of nitrogens with zero attached hydrogens (tertiary/aromatic N) is 3. The predicted molar refractivity (Wildman–Crippen MR) is 100 cm³/mol. The molecule has 0 aliphatic rings. The lowest BCUT2D eigenvalue weighted by Gasteiger charge is -2.07. The van der Waals surface area contributed by atoms with Crippen molar-refractivity contribution in [1.29, 1.82) is 0 Å². The molecule has 26 heavy (non-hydrogen) atoms. The van der Waals surface area contributed by atoms with E-state index < -0.39 is 5.97 Å². The molecule has 128 valence electrons. The number of pyridine rings is 1. The molecular formula is C21H17N3O2. The minimum Gasteiger partial charge on any atom is -0.461 e. The van der Waals surface area contributed by atoms with Crippen LogP contribution in [0.1, 0.15) is 17.4 Å². The number of carbonyl (C=O) groups excluding carboxylic acids is 1. The summed E-state index contributed by atoms with van der Waals surface area (Å²) in [4.78, 5) is 16.3. The fraction of sp³-hybridized carbons (Fsp3) is 0.0952. The van der Waals surface area contributed by atoms with E-state index in [1.807, 2.05) is 65.3 Å². The highest BCUT2D eigenvalue weighted by Crippen LogP contribution is 2.31. The van der Waals surface area contributed by atoms with Crippen molar-refractivity contribution in [3.63, 3.8) is 0 Å². The zero-order chi connectivity index (χ0) is 17.9. The predicted octanol–water partition coefficient (Wildman–Crippen LogP) is 4.26. The van der Waals surface area contributed by atoms with Crippen LogP contribution < -0.4 is 0 Å². The summed E-state index contributed by atoms with van der Waals surface area (Å²) in [5.41, 5.74) is 3.88. The SMILES string of the molecule is CCOC(=O)c1cc2nn(-c3ccccc3)c(-c3ccccc3)c2cn1. The Kier molecular flexibility index (Phi) is 4.19. The maximum atomic E-state index is 12.0. The van der Waals surface area contributed by atoms with Gasteiger partial charge in [0.2, 0.25) is 0 Å². The van der Waals surface area contributed by atoms with Gasteiger partial charge in [0.05, 0.1) is 23.5 Å². The van der Waals surface area contributed by atoms with Gasteiger partial charge in [0.15, 0.2) is 5.69 Å². The van der Waals surface area contributed by atoms with Gasteiger partial charge in [0, 0.05) is 17.1 Å². The lowest BCUT2D eigenvalue weighted by Crippen LogP contribution is -2.06. The molecule has 0 aliphatic heterocycles. The largest absolute Gasteiger partial charge is 0.461 e. The van der Waals surface area contributed by atoms with Gasteiger partial charge in [-0.25, -0.2) is 14.5 Å². The van der Waals surface area contributed by atoms with E-state index in [-0.39, 0.29) is 5.69 Å². The van der Waals surface area contributed by atoms with Crippen molar-refractivity contribution in [3.8, 4) is 16.9 Å². The van der Waals surface area contributed by atoms with Gasteiger partial charge in [0.1, 0.15) is 0 Å². The summed E-state index contributed by atoms with van der Waals surface area (Å²) in [6.45, 7) is 2.08. The van der Waals surface area contributed by atoms with Crippen molar-refractivity contribution in [2.45, 2.75) is 6.92 Å². The number of fused-ring (bicyclic) bond motifs is 1. The number of hydrogen-bond acceptors (Lipinski definition) is 4. The first kappa shape index (κ1) is 16.0. The first-order valence-corrected chi connectivity index (χ1v) is 8.44. The van der Waals surface area contributed by atoms with Crippen molar-refractivity contribution >= 4 is 16.9 Å². The lowest BCUT2D eigenvalue weighted by molar-refractivity contribution is 0.0519. The van der Waals surface area contributed by atoms with Crippen LogP contribution in [-0.2, 0) is 4.74 Å². The summed E-state index contributed by atoms with van der Waals surface area (Å²) >= 11 is 0. The van der Waals surface area contributed by atoms with Crippen LogP contribution in [-0.4, -0.2) is 27.3 Å². The maximum absolute atomic E-state index is 12.0. The number of rotatable bonds is 4. The van der Waals surface area contributed by atoms with E-state index in [0.717, 1.165) is 22.3 Å². The molecule has 0 aliphatic carbocycles. The average molecular weight is 343 g/mol. The number of benzene rings is 2. The second-order valence-corrected chi connectivity index (χ2v) is 5.77. The zero-order valence-corrected chi connectivity index (χ0v) is 14.3. The van der Waals surface area contributed by atoms with Gasteiger partial charge in [-0.05, 0) is 25.1 Å². The molecule has 0 saturated carbocycles. The molecule has 2 aromatic heterocycles. The number of aromatic nitrogens is 3. The Hall–Kier alpha value is -3.47. The van der Waals surface area contributed by atoms with E-state index in [9.17, 15) is 4.79 Å². The number of esters is 1. The third-order valence-electron chi connectivity index (χ3n) is 4.09. The molecule has 0 spiro atoms. The van der Waals surface area contributed by atoms with Crippen molar-refractivity contribution in [2.24, 2.45) is 0 Å². The van der Waals surface area contributed by atoms with Crippen LogP contribution in [0.4, 0.5) is 0 Å². The molecule has 4 aromatic rings. The Morgan fingerprint density at radius 2 is 1.73 bits per heavy atom. The van der Waals surface area contributed by atoms with Gasteiger partial charge in [-0.15, -0.1) is 0 Å². The minimum atomic E-state index is -0.440. The number of para-hydroxylation sites is 1. The molecule has 0 atom stereocenters. The normalized spacial score (nSPS) is 10.8. The smallest absolute Gasteiger partial charge is 0.356 e. The summed E-state index contributed by atoms with van der Waals surface area (Å²) < 4.78 is 6.93. The third kappa shape index (κ3) is 2.84. The van der Waals surface area contributed by atoms with Gasteiger partial charge in [0.25, 0.3) is 0 Å². The summed E-state index contributed by atoms with van der Waals surface area (Å²) in [5, 5.41) is 5.61. The first-order chi connectivity index (χ1) is 12.8. The molecule has 0 unspecified atom stereocenters. The zero-order valence-electron chi connectivity index (χ0n) is 14.3. The minimum absolute atomic E-state index is 0.261. The number of hydrogen-bond donors (Lipinski definition) is 0. The molecule has 5 nitrogen and oxygen atoms in total. The number of ether oxygens (including phenoxy) is 1. The summed E-state index contributed by atoms with van der Waals surface area (Å²) in [5.74, 6) is -0.440. The van der Waals surface area contributed by atoms with Crippen molar-refractivity contribution in [1.82, 2.24) is 14.8 Å². The molecule has 0 bridgehead atoms. The second-order valence-electron chi connectivity index (χ2n) is 5.77. The van der Waals surface area contributed by atoms with E-state index in [1.54, 1.807) is 19.2 Å². The van der Waals surface area contributed by atoms with Gasteiger partial charge < -0.3 is 4.74 Å². The van der Waals surface area contributed by atoms with E-state index in [4.69, 9.17) is 9.84 Å². The highest BCUT2D eigenvalue weighted by molar-refractivity contribution is 5.97. The summed E-state index contributed by atoms with van der Waals surface area (Å²) in [7, 11) is 0. The lowest BCUT2D eigenvalue weighted by atomic mass is 10.1. The molecule has 0 N–H and O–H groups in total.